The molecular weight excluding hydrogens is 360 g/mol. The van der Waals surface area contributed by atoms with Crippen LogP contribution in [0, 0.1) is 0 Å². The minimum absolute atomic E-state index is 0. The van der Waals surface area contributed by atoms with E-state index in [1.807, 2.05) is 0 Å². The molecular formula is C24H50CaO2. The molecule has 0 amide bonds. The number of hydrogen-bond donors (Lipinski definition) is 1. The Balaban J connectivity index is 0. The van der Waals surface area contributed by atoms with E-state index < -0.39 is 5.97 Å². The summed E-state index contributed by atoms with van der Waals surface area (Å²) < 4.78 is 0. The van der Waals surface area contributed by atoms with E-state index in [4.69, 9.17) is 5.11 Å². The summed E-state index contributed by atoms with van der Waals surface area (Å²) in [6.45, 7) is 2.29. The van der Waals surface area contributed by atoms with Gasteiger partial charge in [-0.3, -0.25) is 4.79 Å². The topological polar surface area (TPSA) is 37.3 Å². The standard InChI is InChI=1S/C24H48O2.Ca.2H/c1-2-3-4-5-6-7-8-9-10-11-12-13-14-15-16-17-18-19-20-21-22-23-24(25)26;;;/h2-23H2,1H3,(H,25,26);;;. The molecule has 27 heavy (non-hydrogen) atoms. The van der Waals surface area contributed by atoms with Crippen LogP contribution in [0.15, 0.2) is 0 Å². The number of carboxylic acids is 1. The van der Waals surface area contributed by atoms with Gasteiger partial charge in [0.05, 0.1) is 0 Å². The average Bonchev–Trinajstić information content (AvgIpc) is 2.62. The first-order chi connectivity index (χ1) is 12.8. The van der Waals surface area contributed by atoms with Crippen LogP contribution >= 0.6 is 0 Å². The van der Waals surface area contributed by atoms with Crippen LogP contribution in [0.3, 0.4) is 0 Å². The molecule has 2 nitrogen and oxygen atoms in total. The van der Waals surface area contributed by atoms with Crippen LogP contribution in [0.2, 0.25) is 0 Å². The fourth-order valence-corrected chi connectivity index (χ4v) is 3.71. The third kappa shape index (κ3) is 29.0. The molecule has 0 aromatic rings. The first kappa shape index (κ1) is 29.9. The third-order valence-corrected chi connectivity index (χ3v) is 5.49. The van der Waals surface area contributed by atoms with E-state index >= 15 is 0 Å². The van der Waals surface area contributed by atoms with Gasteiger partial charge in [-0.1, -0.05) is 135 Å². The molecule has 0 aliphatic carbocycles. The number of aliphatic carboxylic acids is 1. The molecule has 0 aromatic carbocycles. The van der Waals surface area contributed by atoms with Crippen molar-refractivity contribution in [3.63, 3.8) is 0 Å². The predicted octanol–water partition coefficient (Wildman–Crippen LogP) is 7.76. The summed E-state index contributed by atoms with van der Waals surface area (Å²) in [5.41, 5.74) is 0. The fourth-order valence-electron chi connectivity index (χ4n) is 3.71. The van der Waals surface area contributed by atoms with Crippen molar-refractivity contribution in [2.75, 3.05) is 0 Å². The Bertz CT molecular complexity index is 282. The van der Waals surface area contributed by atoms with Crippen LogP contribution in [0.25, 0.3) is 0 Å². The van der Waals surface area contributed by atoms with E-state index in [1.54, 1.807) is 0 Å². The van der Waals surface area contributed by atoms with Gasteiger partial charge in [0.15, 0.2) is 0 Å². The van der Waals surface area contributed by atoms with Gasteiger partial charge in [-0.15, -0.1) is 0 Å². The maximum atomic E-state index is 10.4. The van der Waals surface area contributed by atoms with Crippen molar-refractivity contribution in [3.8, 4) is 0 Å². The molecule has 3 heteroatoms. The van der Waals surface area contributed by atoms with Crippen molar-refractivity contribution in [3.05, 3.63) is 0 Å². The number of unbranched alkanes of at least 4 members (excludes halogenated alkanes) is 20. The Labute approximate surface area is 200 Å². The van der Waals surface area contributed by atoms with Gasteiger partial charge in [0.1, 0.15) is 0 Å². The van der Waals surface area contributed by atoms with Gasteiger partial charge in [-0.25, -0.2) is 0 Å². The molecule has 0 aliphatic heterocycles. The Kier molecular flexibility index (Phi) is 29.6. The van der Waals surface area contributed by atoms with Gasteiger partial charge in [-0.05, 0) is 6.42 Å². The van der Waals surface area contributed by atoms with E-state index in [1.165, 1.54) is 122 Å². The van der Waals surface area contributed by atoms with Crippen molar-refractivity contribution in [1.82, 2.24) is 0 Å². The molecule has 0 saturated carbocycles. The molecule has 0 atom stereocenters. The molecule has 0 bridgehead atoms. The van der Waals surface area contributed by atoms with Gasteiger partial charge in [-0.2, -0.15) is 0 Å². The monoisotopic (exact) mass is 410 g/mol. The molecule has 160 valence electrons. The van der Waals surface area contributed by atoms with Gasteiger partial charge >= 0.3 is 43.7 Å². The number of hydrogen-bond acceptors (Lipinski definition) is 1. The molecule has 1 N–H and O–H groups in total. The summed E-state index contributed by atoms with van der Waals surface area (Å²) in [4.78, 5) is 10.4. The molecule has 0 aliphatic rings. The Hall–Kier alpha value is 0.730. The predicted molar refractivity (Wildman–Crippen MR) is 123 cm³/mol. The van der Waals surface area contributed by atoms with Gasteiger partial charge in [0.25, 0.3) is 0 Å². The second-order valence-electron chi connectivity index (χ2n) is 8.21. The Morgan fingerprint density at radius 1 is 0.481 bits per heavy atom. The molecule has 0 radical (unpaired) electrons. The summed E-state index contributed by atoms with van der Waals surface area (Å²) in [5.74, 6) is -0.650. The molecule has 0 spiro atoms. The van der Waals surface area contributed by atoms with E-state index in [0.29, 0.717) is 6.42 Å². The minimum atomic E-state index is -0.650. The normalized spacial score (nSPS) is 10.7. The second-order valence-corrected chi connectivity index (χ2v) is 8.21. The summed E-state index contributed by atoms with van der Waals surface area (Å²) in [7, 11) is 0. The van der Waals surface area contributed by atoms with Crippen molar-refractivity contribution in [2.24, 2.45) is 0 Å². The molecule has 0 unspecified atom stereocenters. The first-order valence-corrected chi connectivity index (χ1v) is 12.0. The van der Waals surface area contributed by atoms with Gasteiger partial charge in [0.2, 0.25) is 0 Å². The molecule has 0 heterocycles. The summed E-state index contributed by atoms with van der Waals surface area (Å²) in [6.07, 6.45) is 29.1. The number of carboxylic acid groups (broad SMARTS) is 1. The molecule has 0 aromatic heterocycles. The van der Waals surface area contributed by atoms with Crippen LogP contribution in [0.5, 0.6) is 0 Å². The summed E-state index contributed by atoms with van der Waals surface area (Å²) >= 11 is 0. The first-order valence-electron chi connectivity index (χ1n) is 12.0. The van der Waals surface area contributed by atoms with Crippen LogP contribution in [-0.2, 0) is 4.79 Å². The van der Waals surface area contributed by atoms with Crippen LogP contribution in [0.1, 0.15) is 148 Å². The quantitative estimate of drug-likeness (QED) is 0.146. The van der Waals surface area contributed by atoms with Crippen molar-refractivity contribution < 1.29 is 9.90 Å². The van der Waals surface area contributed by atoms with E-state index in [2.05, 4.69) is 6.92 Å². The van der Waals surface area contributed by atoms with Crippen molar-refractivity contribution in [2.45, 2.75) is 148 Å². The van der Waals surface area contributed by atoms with Crippen molar-refractivity contribution in [1.29, 1.82) is 0 Å². The zero-order valence-electron chi connectivity index (χ0n) is 17.9. The molecule has 0 fully saturated rings. The zero-order chi connectivity index (χ0) is 19.1. The summed E-state index contributed by atoms with van der Waals surface area (Å²) in [5, 5.41) is 8.57. The fraction of sp³-hybridized carbons (Fsp3) is 0.958. The number of rotatable bonds is 22. The van der Waals surface area contributed by atoms with E-state index in [0.717, 1.165) is 12.8 Å². The molecule has 0 rings (SSSR count). The SMILES string of the molecule is CCCCCCCCCCCCCCCCCCCCCCCC(=O)O.[CaH2]. The average molecular weight is 411 g/mol. The van der Waals surface area contributed by atoms with Crippen LogP contribution in [-0.4, -0.2) is 48.8 Å². The van der Waals surface area contributed by atoms with Crippen LogP contribution < -0.4 is 0 Å². The Morgan fingerprint density at radius 3 is 0.926 bits per heavy atom. The van der Waals surface area contributed by atoms with E-state index in [9.17, 15) is 4.79 Å². The zero-order valence-corrected chi connectivity index (χ0v) is 17.9. The molecule has 0 saturated heterocycles. The van der Waals surface area contributed by atoms with Crippen molar-refractivity contribution >= 4 is 43.7 Å². The second kappa shape index (κ2) is 26.7. The third-order valence-electron chi connectivity index (χ3n) is 5.49. The maximum absolute atomic E-state index is 10.4. The van der Waals surface area contributed by atoms with Gasteiger partial charge < -0.3 is 5.11 Å². The number of carbonyl (C=O) groups is 1. The van der Waals surface area contributed by atoms with E-state index in [-0.39, 0.29) is 37.7 Å². The Morgan fingerprint density at radius 2 is 0.704 bits per heavy atom. The summed E-state index contributed by atoms with van der Waals surface area (Å²) in [6, 6.07) is 0. The van der Waals surface area contributed by atoms with Crippen LogP contribution in [0.4, 0.5) is 0 Å². The van der Waals surface area contributed by atoms with Gasteiger partial charge in [0, 0.05) is 6.42 Å².